The molecule has 1 fully saturated rings. The van der Waals surface area contributed by atoms with Crippen molar-refractivity contribution in [3.63, 3.8) is 0 Å². The fourth-order valence-electron chi connectivity index (χ4n) is 2.57. The van der Waals surface area contributed by atoms with Gasteiger partial charge in [-0.25, -0.2) is 9.59 Å². The number of methoxy groups -OCH3 is 1. The summed E-state index contributed by atoms with van der Waals surface area (Å²) in [4.78, 5) is 49.3. The number of amides is 2. The lowest BCUT2D eigenvalue weighted by Gasteiger charge is -2.19. The summed E-state index contributed by atoms with van der Waals surface area (Å²) in [5, 5.41) is -0.548. The third-order valence-corrected chi connectivity index (χ3v) is 4.86. The summed E-state index contributed by atoms with van der Waals surface area (Å²) >= 11 is 0.735. The zero-order valence-electron chi connectivity index (χ0n) is 17.1. The van der Waals surface area contributed by atoms with Crippen molar-refractivity contribution in [1.82, 2.24) is 4.90 Å². The lowest BCUT2D eigenvalue weighted by atomic mass is 10.1. The highest BCUT2D eigenvalue weighted by Crippen LogP contribution is 2.35. The first-order chi connectivity index (χ1) is 14.3. The summed E-state index contributed by atoms with van der Waals surface area (Å²) in [6.07, 6.45) is 1.51. The number of benzene rings is 1. The van der Waals surface area contributed by atoms with Crippen molar-refractivity contribution in [3.05, 3.63) is 28.7 Å². The molecule has 0 aromatic heterocycles. The number of hydrogen-bond acceptors (Lipinski definition) is 9. The Hall–Kier alpha value is -3.01. The molecule has 0 unspecified atom stereocenters. The van der Waals surface area contributed by atoms with Gasteiger partial charge < -0.3 is 18.9 Å². The van der Waals surface area contributed by atoms with Gasteiger partial charge in [0, 0.05) is 0 Å². The van der Waals surface area contributed by atoms with Gasteiger partial charge in [0.2, 0.25) is 0 Å². The largest absolute Gasteiger partial charge is 0.493 e. The minimum Gasteiger partial charge on any atom is -0.493 e. The molecular weight excluding hydrogens is 414 g/mol. The van der Waals surface area contributed by atoms with Crippen molar-refractivity contribution in [3.8, 4) is 11.5 Å². The van der Waals surface area contributed by atoms with E-state index in [0.29, 0.717) is 17.1 Å². The van der Waals surface area contributed by atoms with E-state index in [1.54, 1.807) is 32.0 Å². The molecule has 1 aromatic rings. The fraction of sp³-hybridized carbons (Fsp3) is 0.400. The minimum absolute atomic E-state index is 0.152. The van der Waals surface area contributed by atoms with Crippen molar-refractivity contribution in [2.75, 3.05) is 26.9 Å². The van der Waals surface area contributed by atoms with Gasteiger partial charge in [0.15, 0.2) is 18.1 Å². The standard InChI is InChI=1S/C20H23NO8S/c1-5-27-17(22)11-29-14-8-7-13(9-15(14)26-4)10-16-18(23)21(20(25)30-16)12(3)19(24)28-6-2/h7-10,12H,5-6,11H2,1-4H3/b16-10+/t12-/m1/s1. The summed E-state index contributed by atoms with van der Waals surface area (Å²) in [5.41, 5.74) is 0.574. The van der Waals surface area contributed by atoms with Gasteiger partial charge in [-0.3, -0.25) is 14.5 Å². The number of ether oxygens (including phenoxy) is 4. The predicted octanol–water partition coefficient (Wildman–Crippen LogP) is 2.63. The highest BCUT2D eigenvalue weighted by molar-refractivity contribution is 8.18. The monoisotopic (exact) mass is 437 g/mol. The van der Waals surface area contributed by atoms with Gasteiger partial charge in [-0.15, -0.1) is 0 Å². The molecule has 0 saturated carbocycles. The third-order valence-electron chi connectivity index (χ3n) is 3.97. The van der Waals surface area contributed by atoms with Crippen LogP contribution in [0.4, 0.5) is 4.79 Å². The molecule has 1 aromatic carbocycles. The molecule has 1 heterocycles. The fourth-order valence-corrected chi connectivity index (χ4v) is 3.47. The molecule has 0 N–H and O–H groups in total. The van der Waals surface area contributed by atoms with Gasteiger partial charge in [-0.2, -0.15) is 0 Å². The van der Waals surface area contributed by atoms with Crippen LogP contribution in [0.3, 0.4) is 0 Å². The maximum absolute atomic E-state index is 12.6. The first kappa shape index (κ1) is 23.3. The van der Waals surface area contributed by atoms with Gasteiger partial charge >= 0.3 is 11.9 Å². The summed E-state index contributed by atoms with van der Waals surface area (Å²) in [6.45, 7) is 4.92. The van der Waals surface area contributed by atoms with Crippen LogP contribution in [-0.4, -0.2) is 61.0 Å². The van der Waals surface area contributed by atoms with Gasteiger partial charge in [-0.05, 0) is 56.3 Å². The minimum atomic E-state index is -1.02. The highest BCUT2D eigenvalue weighted by Gasteiger charge is 2.41. The second-order valence-corrected chi connectivity index (χ2v) is 6.98. The van der Waals surface area contributed by atoms with Gasteiger partial charge in [0.1, 0.15) is 6.04 Å². The zero-order valence-corrected chi connectivity index (χ0v) is 17.9. The van der Waals surface area contributed by atoms with Crippen LogP contribution in [0, 0.1) is 0 Å². The molecule has 2 rings (SSSR count). The Balaban J connectivity index is 2.18. The Morgan fingerprint density at radius 1 is 1.13 bits per heavy atom. The molecule has 162 valence electrons. The van der Waals surface area contributed by atoms with Crippen LogP contribution in [-0.2, 0) is 23.9 Å². The van der Waals surface area contributed by atoms with Crippen LogP contribution in [0.1, 0.15) is 26.3 Å². The average molecular weight is 437 g/mol. The molecule has 0 spiro atoms. The SMILES string of the molecule is CCOC(=O)COc1ccc(/C=C2/SC(=O)N([C@H](C)C(=O)OCC)C2=O)cc1OC. The van der Waals surface area contributed by atoms with Crippen LogP contribution in [0.2, 0.25) is 0 Å². The maximum atomic E-state index is 12.6. The van der Waals surface area contributed by atoms with Crippen molar-refractivity contribution >= 4 is 40.9 Å². The summed E-state index contributed by atoms with van der Waals surface area (Å²) in [6, 6.07) is 3.81. The van der Waals surface area contributed by atoms with Crippen molar-refractivity contribution in [1.29, 1.82) is 0 Å². The number of thioether (sulfide) groups is 1. The molecule has 1 aliphatic heterocycles. The van der Waals surface area contributed by atoms with Crippen molar-refractivity contribution in [2.24, 2.45) is 0 Å². The van der Waals surface area contributed by atoms with Crippen molar-refractivity contribution in [2.45, 2.75) is 26.8 Å². The Morgan fingerprint density at radius 3 is 2.47 bits per heavy atom. The van der Waals surface area contributed by atoms with E-state index in [0.717, 1.165) is 16.7 Å². The van der Waals surface area contributed by atoms with E-state index in [1.807, 2.05) is 0 Å². The molecule has 1 saturated heterocycles. The van der Waals surface area contributed by atoms with E-state index in [4.69, 9.17) is 18.9 Å². The average Bonchev–Trinajstić information content (AvgIpc) is 2.99. The zero-order chi connectivity index (χ0) is 22.3. The maximum Gasteiger partial charge on any atom is 0.344 e. The molecule has 0 radical (unpaired) electrons. The molecule has 0 bridgehead atoms. The quantitative estimate of drug-likeness (QED) is 0.425. The van der Waals surface area contributed by atoms with E-state index >= 15 is 0 Å². The van der Waals surface area contributed by atoms with Crippen molar-refractivity contribution < 1.29 is 38.1 Å². The molecule has 30 heavy (non-hydrogen) atoms. The second kappa shape index (κ2) is 10.7. The topological polar surface area (TPSA) is 108 Å². The Kier molecular flexibility index (Phi) is 8.28. The molecule has 1 atom stereocenters. The smallest absolute Gasteiger partial charge is 0.344 e. The molecule has 0 aliphatic carbocycles. The van der Waals surface area contributed by atoms with Crippen LogP contribution < -0.4 is 9.47 Å². The lowest BCUT2D eigenvalue weighted by Crippen LogP contribution is -2.42. The van der Waals surface area contributed by atoms with Gasteiger partial charge in [0.05, 0.1) is 25.2 Å². The first-order valence-corrected chi connectivity index (χ1v) is 10.0. The Labute approximate surface area is 178 Å². The number of hydrogen-bond donors (Lipinski definition) is 0. The summed E-state index contributed by atoms with van der Waals surface area (Å²) in [5.74, 6) is -1.06. The number of rotatable bonds is 9. The number of imide groups is 1. The first-order valence-electron chi connectivity index (χ1n) is 9.22. The van der Waals surface area contributed by atoms with Crippen LogP contribution in [0.5, 0.6) is 11.5 Å². The Bertz CT molecular complexity index is 866. The van der Waals surface area contributed by atoms with Crippen LogP contribution in [0.15, 0.2) is 23.1 Å². The number of esters is 2. The van der Waals surface area contributed by atoms with Gasteiger partial charge in [0.25, 0.3) is 11.1 Å². The van der Waals surface area contributed by atoms with Crippen LogP contribution in [0.25, 0.3) is 6.08 Å². The predicted molar refractivity (Wildman–Crippen MR) is 109 cm³/mol. The molecule has 9 nitrogen and oxygen atoms in total. The summed E-state index contributed by atoms with van der Waals surface area (Å²) in [7, 11) is 1.44. The number of nitrogens with zero attached hydrogens (tertiary/aromatic N) is 1. The molecule has 2 amide bonds. The lowest BCUT2D eigenvalue weighted by molar-refractivity contribution is -0.150. The summed E-state index contributed by atoms with van der Waals surface area (Å²) < 4.78 is 20.4. The normalized spacial score (nSPS) is 15.9. The second-order valence-electron chi connectivity index (χ2n) is 5.98. The van der Waals surface area contributed by atoms with E-state index in [9.17, 15) is 19.2 Å². The van der Waals surface area contributed by atoms with E-state index in [1.165, 1.54) is 20.1 Å². The van der Waals surface area contributed by atoms with E-state index < -0.39 is 29.1 Å². The number of carbonyl (C=O) groups excluding carboxylic acids is 4. The molecular formula is C20H23NO8S. The molecule has 1 aliphatic rings. The van der Waals surface area contributed by atoms with E-state index in [-0.39, 0.29) is 24.7 Å². The van der Waals surface area contributed by atoms with Crippen LogP contribution >= 0.6 is 11.8 Å². The van der Waals surface area contributed by atoms with E-state index in [2.05, 4.69) is 0 Å². The van der Waals surface area contributed by atoms with Gasteiger partial charge in [-0.1, -0.05) is 6.07 Å². The number of carbonyl (C=O) groups is 4. The molecule has 10 heteroatoms. The highest BCUT2D eigenvalue weighted by atomic mass is 32.2. The third kappa shape index (κ3) is 5.53. The Morgan fingerprint density at radius 2 is 1.83 bits per heavy atom.